The topological polar surface area (TPSA) is 33.6 Å². The largest absolute Gasteiger partial charge is 0.481 e. The second-order valence-corrected chi connectivity index (χ2v) is 4.85. The Balaban J connectivity index is 2.15. The number of hydrogen-bond acceptors (Lipinski definition) is 3. The molecule has 1 N–H and O–H groups in total. The van der Waals surface area contributed by atoms with Crippen LogP contribution >= 0.6 is 11.6 Å². The summed E-state index contributed by atoms with van der Waals surface area (Å²) in [5.74, 6) is 1.70. The first-order chi connectivity index (χ1) is 8.72. The third-order valence-corrected chi connectivity index (χ3v) is 3.47. The average Bonchev–Trinajstić information content (AvgIpc) is 2.88. The Kier molecular flexibility index (Phi) is 4.48. The highest BCUT2D eigenvalue weighted by atomic mass is 35.5. The maximum atomic E-state index is 6.26. The van der Waals surface area contributed by atoms with Gasteiger partial charge in [-0.3, -0.25) is 4.99 Å². The molecule has 0 spiro atoms. The van der Waals surface area contributed by atoms with E-state index in [1.165, 1.54) is 0 Å². The van der Waals surface area contributed by atoms with E-state index in [0.29, 0.717) is 5.02 Å². The molecule has 1 aliphatic heterocycles. The Morgan fingerprint density at radius 2 is 2.33 bits per heavy atom. The monoisotopic (exact) mass is 266 g/mol. The molecule has 1 aromatic carbocycles. The van der Waals surface area contributed by atoms with Gasteiger partial charge in [-0.15, -0.1) is 0 Å². The van der Waals surface area contributed by atoms with Gasteiger partial charge in [-0.1, -0.05) is 37.1 Å². The average molecular weight is 267 g/mol. The zero-order valence-electron chi connectivity index (χ0n) is 10.9. The molecular weight excluding hydrogens is 248 g/mol. The molecule has 3 nitrogen and oxygen atoms in total. The fourth-order valence-corrected chi connectivity index (χ4v) is 2.18. The van der Waals surface area contributed by atoms with Crippen molar-refractivity contribution in [3.05, 3.63) is 28.8 Å². The lowest BCUT2D eigenvalue weighted by Crippen LogP contribution is -2.35. The third-order valence-electron chi connectivity index (χ3n) is 2.98. The van der Waals surface area contributed by atoms with Gasteiger partial charge in [0.1, 0.15) is 11.6 Å². The lowest BCUT2D eigenvalue weighted by Gasteiger charge is -2.20. The molecule has 4 heteroatoms. The standard InChI is InChI=1S/C14H19ClN2O/c1-3-5-12(14-16-8-9-17-14)18-11-7-4-6-10(2)13(11)15/h4,6-7,12H,3,5,8-9H2,1-2H3,(H,16,17). The number of aryl methyl sites for hydroxylation is 1. The molecule has 18 heavy (non-hydrogen) atoms. The van der Waals surface area contributed by atoms with E-state index >= 15 is 0 Å². The molecule has 0 bridgehead atoms. The highest BCUT2D eigenvalue weighted by Gasteiger charge is 2.20. The number of nitrogens with zero attached hydrogens (tertiary/aromatic N) is 1. The van der Waals surface area contributed by atoms with Crippen molar-refractivity contribution >= 4 is 17.4 Å². The molecule has 1 heterocycles. The molecule has 0 saturated carbocycles. The molecule has 98 valence electrons. The molecule has 1 aromatic rings. The fourth-order valence-electron chi connectivity index (χ4n) is 2.01. The Bertz CT molecular complexity index is 445. The summed E-state index contributed by atoms with van der Waals surface area (Å²) in [5.41, 5.74) is 1.03. The molecule has 1 aliphatic rings. The Labute approximate surface area is 113 Å². The van der Waals surface area contributed by atoms with Crippen LogP contribution in [0.3, 0.4) is 0 Å². The molecule has 0 fully saturated rings. The van der Waals surface area contributed by atoms with Crippen molar-refractivity contribution in [2.45, 2.75) is 32.8 Å². The first-order valence-electron chi connectivity index (χ1n) is 6.42. The fraction of sp³-hybridized carbons (Fsp3) is 0.500. The Morgan fingerprint density at radius 1 is 1.50 bits per heavy atom. The van der Waals surface area contributed by atoms with Crippen LogP contribution < -0.4 is 10.1 Å². The van der Waals surface area contributed by atoms with E-state index < -0.39 is 0 Å². The van der Waals surface area contributed by atoms with Crippen molar-refractivity contribution < 1.29 is 4.74 Å². The zero-order chi connectivity index (χ0) is 13.0. The molecule has 2 rings (SSSR count). The number of nitrogens with one attached hydrogen (secondary N) is 1. The van der Waals surface area contributed by atoms with E-state index in [2.05, 4.69) is 17.2 Å². The number of ether oxygens (including phenoxy) is 1. The minimum absolute atomic E-state index is 0.0169. The van der Waals surface area contributed by atoms with Crippen LogP contribution in [-0.4, -0.2) is 25.0 Å². The number of aliphatic imine (C=N–C) groups is 1. The van der Waals surface area contributed by atoms with Crippen LogP contribution in [0.4, 0.5) is 0 Å². The first-order valence-corrected chi connectivity index (χ1v) is 6.80. The predicted molar refractivity (Wildman–Crippen MR) is 75.8 cm³/mol. The molecule has 0 saturated heterocycles. The van der Waals surface area contributed by atoms with Crippen LogP contribution in [0, 0.1) is 6.92 Å². The SMILES string of the molecule is CCCC(Oc1cccc(C)c1Cl)C1=NCCN1. The number of benzene rings is 1. The third kappa shape index (κ3) is 2.96. The molecule has 1 unspecified atom stereocenters. The van der Waals surface area contributed by atoms with Gasteiger partial charge in [0.05, 0.1) is 11.6 Å². The lowest BCUT2D eigenvalue weighted by molar-refractivity contribution is 0.252. The second kappa shape index (κ2) is 6.10. The van der Waals surface area contributed by atoms with E-state index in [1.807, 2.05) is 25.1 Å². The van der Waals surface area contributed by atoms with Gasteiger partial charge in [0, 0.05) is 6.54 Å². The lowest BCUT2D eigenvalue weighted by atomic mass is 10.2. The first kappa shape index (κ1) is 13.2. The summed E-state index contributed by atoms with van der Waals surface area (Å²) >= 11 is 6.26. The van der Waals surface area contributed by atoms with E-state index in [9.17, 15) is 0 Å². The summed E-state index contributed by atoms with van der Waals surface area (Å²) in [6, 6.07) is 5.85. The van der Waals surface area contributed by atoms with Crippen molar-refractivity contribution in [3.63, 3.8) is 0 Å². The van der Waals surface area contributed by atoms with Crippen molar-refractivity contribution in [2.24, 2.45) is 4.99 Å². The summed E-state index contributed by atoms with van der Waals surface area (Å²) < 4.78 is 6.03. The quantitative estimate of drug-likeness (QED) is 0.888. The summed E-state index contributed by atoms with van der Waals surface area (Å²) in [6.45, 7) is 5.86. The van der Waals surface area contributed by atoms with Gasteiger partial charge in [0.2, 0.25) is 0 Å². The molecule has 1 atom stereocenters. The summed E-state index contributed by atoms with van der Waals surface area (Å²) in [4.78, 5) is 4.44. The maximum absolute atomic E-state index is 6.26. The van der Waals surface area contributed by atoms with Gasteiger partial charge < -0.3 is 10.1 Å². The molecule has 0 aromatic heterocycles. The van der Waals surface area contributed by atoms with Crippen molar-refractivity contribution in [1.29, 1.82) is 0 Å². The molecule has 0 aliphatic carbocycles. The van der Waals surface area contributed by atoms with Gasteiger partial charge in [-0.2, -0.15) is 0 Å². The van der Waals surface area contributed by atoms with Gasteiger partial charge >= 0.3 is 0 Å². The van der Waals surface area contributed by atoms with Crippen LogP contribution in [0.2, 0.25) is 5.02 Å². The van der Waals surface area contributed by atoms with Crippen molar-refractivity contribution in [1.82, 2.24) is 5.32 Å². The number of hydrogen-bond donors (Lipinski definition) is 1. The summed E-state index contributed by atoms with van der Waals surface area (Å²) in [7, 11) is 0. The number of halogens is 1. The van der Waals surface area contributed by atoms with Crippen LogP contribution in [0.15, 0.2) is 23.2 Å². The van der Waals surface area contributed by atoms with E-state index in [0.717, 1.165) is 43.1 Å². The Hall–Kier alpha value is -1.22. The van der Waals surface area contributed by atoms with Gasteiger partial charge in [-0.05, 0) is 25.0 Å². The number of rotatable bonds is 5. The summed E-state index contributed by atoms with van der Waals surface area (Å²) in [6.07, 6.45) is 1.97. The second-order valence-electron chi connectivity index (χ2n) is 4.48. The molecule has 0 radical (unpaired) electrons. The van der Waals surface area contributed by atoms with E-state index in [-0.39, 0.29) is 6.10 Å². The van der Waals surface area contributed by atoms with Gasteiger partial charge in [-0.25, -0.2) is 0 Å². The van der Waals surface area contributed by atoms with Crippen LogP contribution in [0.1, 0.15) is 25.3 Å². The molecular formula is C14H19ClN2O. The predicted octanol–water partition coefficient (Wildman–Crippen LogP) is 3.20. The summed E-state index contributed by atoms with van der Waals surface area (Å²) in [5, 5.41) is 3.97. The highest BCUT2D eigenvalue weighted by Crippen LogP contribution is 2.29. The van der Waals surface area contributed by atoms with Crippen molar-refractivity contribution in [2.75, 3.05) is 13.1 Å². The van der Waals surface area contributed by atoms with Crippen LogP contribution in [0.25, 0.3) is 0 Å². The number of amidine groups is 1. The van der Waals surface area contributed by atoms with Gasteiger partial charge in [0.25, 0.3) is 0 Å². The minimum atomic E-state index is -0.0169. The van der Waals surface area contributed by atoms with E-state index in [4.69, 9.17) is 16.3 Å². The zero-order valence-corrected chi connectivity index (χ0v) is 11.6. The highest BCUT2D eigenvalue weighted by molar-refractivity contribution is 6.32. The smallest absolute Gasteiger partial charge is 0.155 e. The maximum Gasteiger partial charge on any atom is 0.155 e. The minimum Gasteiger partial charge on any atom is -0.481 e. The van der Waals surface area contributed by atoms with Crippen LogP contribution in [-0.2, 0) is 0 Å². The van der Waals surface area contributed by atoms with Crippen molar-refractivity contribution in [3.8, 4) is 5.75 Å². The van der Waals surface area contributed by atoms with Gasteiger partial charge in [0.15, 0.2) is 6.10 Å². The van der Waals surface area contributed by atoms with E-state index in [1.54, 1.807) is 0 Å². The molecule has 0 amide bonds. The van der Waals surface area contributed by atoms with Crippen LogP contribution in [0.5, 0.6) is 5.75 Å². The normalized spacial score (nSPS) is 16.1. The Morgan fingerprint density at radius 3 is 3.00 bits per heavy atom.